The van der Waals surface area contributed by atoms with E-state index in [0.717, 1.165) is 22.6 Å². The van der Waals surface area contributed by atoms with Crippen molar-refractivity contribution in [2.45, 2.75) is 157 Å². The van der Waals surface area contributed by atoms with Crippen LogP contribution in [0.25, 0.3) is 0 Å². The SMILES string of the molecule is NC(c1ccccc1P(C1CCCCC1)C1CCCCC1)c1ccccc1P(C1CCCCC1)C1CCCCC1. The predicted octanol–water partition coefficient (Wildman–Crippen LogP) is 10.3. The van der Waals surface area contributed by atoms with Crippen LogP contribution in [0.2, 0.25) is 0 Å². The maximum Gasteiger partial charge on any atom is 0.0564 e. The molecule has 0 amide bonds. The molecule has 6 rings (SSSR count). The van der Waals surface area contributed by atoms with Gasteiger partial charge in [-0.25, -0.2) is 0 Å². The highest BCUT2D eigenvalue weighted by Crippen LogP contribution is 2.57. The van der Waals surface area contributed by atoms with E-state index in [1.54, 1.807) is 10.6 Å². The molecule has 4 aliphatic rings. The van der Waals surface area contributed by atoms with Gasteiger partial charge >= 0.3 is 0 Å². The van der Waals surface area contributed by atoms with Crippen molar-refractivity contribution >= 4 is 26.5 Å². The Balaban J connectivity index is 1.38. The Morgan fingerprint density at radius 3 is 1.00 bits per heavy atom. The number of nitrogens with two attached hydrogens (primary N) is 1. The van der Waals surface area contributed by atoms with Crippen LogP contribution < -0.4 is 16.3 Å². The number of hydrogen-bond donors (Lipinski definition) is 1. The largest absolute Gasteiger partial charge is 0.320 e. The fraction of sp³-hybridized carbons (Fsp3) is 0.676. The van der Waals surface area contributed by atoms with Crippen LogP contribution in [-0.4, -0.2) is 22.6 Å². The van der Waals surface area contributed by atoms with E-state index < -0.39 is 0 Å². The van der Waals surface area contributed by atoms with Gasteiger partial charge in [-0.1, -0.05) is 141 Å². The van der Waals surface area contributed by atoms with Gasteiger partial charge in [0.25, 0.3) is 0 Å². The lowest BCUT2D eigenvalue weighted by molar-refractivity contribution is 0.486. The van der Waals surface area contributed by atoms with E-state index in [9.17, 15) is 0 Å². The summed E-state index contributed by atoms with van der Waals surface area (Å²) in [6, 6.07) is 19.3. The van der Waals surface area contributed by atoms with Crippen molar-refractivity contribution in [3.8, 4) is 0 Å². The molecule has 3 heteroatoms. The summed E-state index contributed by atoms with van der Waals surface area (Å²) in [6.45, 7) is 0. The summed E-state index contributed by atoms with van der Waals surface area (Å²) in [5, 5.41) is 3.39. The van der Waals surface area contributed by atoms with Crippen molar-refractivity contribution in [3.63, 3.8) is 0 Å². The lowest BCUT2D eigenvalue weighted by atomic mass is 9.98. The summed E-state index contributed by atoms with van der Waals surface area (Å²) in [6.07, 6.45) is 29.0. The summed E-state index contributed by atoms with van der Waals surface area (Å²) in [5.41, 5.74) is 14.2. The second-order valence-corrected chi connectivity index (χ2v) is 19.1. The molecule has 40 heavy (non-hydrogen) atoms. The molecule has 0 bridgehead atoms. The summed E-state index contributed by atoms with van der Waals surface area (Å²) in [5.74, 6) is 0. The van der Waals surface area contributed by atoms with Crippen LogP contribution in [0.1, 0.15) is 146 Å². The Morgan fingerprint density at radius 1 is 0.425 bits per heavy atom. The number of rotatable bonds is 8. The highest BCUT2D eigenvalue weighted by Gasteiger charge is 2.37. The average Bonchev–Trinajstić information content (AvgIpc) is 3.04. The highest BCUT2D eigenvalue weighted by atomic mass is 31.1. The van der Waals surface area contributed by atoms with E-state index in [-0.39, 0.29) is 21.9 Å². The van der Waals surface area contributed by atoms with Gasteiger partial charge in [0.15, 0.2) is 0 Å². The van der Waals surface area contributed by atoms with E-state index in [4.69, 9.17) is 5.73 Å². The molecule has 0 atom stereocenters. The molecule has 0 unspecified atom stereocenters. The molecule has 0 aliphatic heterocycles. The minimum absolute atomic E-state index is 0.0155. The molecule has 1 nitrogen and oxygen atoms in total. The molecule has 0 aromatic heterocycles. The zero-order valence-corrected chi connectivity index (χ0v) is 26.9. The molecule has 0 heterocycles. The van der Waals surface area contributed by atoms with Crippen molar-refractivity contribution in [1.29, 1.82) is 0 Å². The van der Waals surface area contributed by atoms with Gasteiger partial charge in [0.2, 0.25) is 0 Å². The van der Waals surface area contributed by atoms with E-state index in [0.29, 0.717) is 0 Å². The van der Waals surface area contributed by atoms with E-state index in [1.165, 1.54) is 140 Å². The molecule has 0 radical (unpaired) electrons. The minimum atomic E-state index is -0.160. The Morgan fingerprint density at radius 2 is 0.700 bits per heavy atom. The standard InChI is InChI=1S/C37H55NP2/c38-37(33-25-13-15-27-35(33)39(29-17-5-1-6-18-29)30-19-7-2-8-20-30)34-26-14-16-28-36(34)40(31-21-9-3-10-22-31)32-23-11-4-12-24-32/h13-16,25-32,37H,1-12,17-24,38H2. The fourth-order valence-corrected chi connectivity index (χ4v) is 17.0. The lowest BCUT2D eigenvalue weighted by Gasteiger charge is -2.41. The molecule has 2 N–H and O–H groups in total. The summed E-state index contributed by atoms with van der Waals surface area (Å²) < 4.78 is 0. The van der Waals surface area contributed by atoms with Crippen LogP contribution in [0.15, 0.2) is 48.5 Å². The third-order valence-corrected chi connectivity index (χ3v) is 18.1. The monoisotopic (exact) mass is 575 g/mol. The molecule has 4 fully saturated rings. The van der Waals surface area contributed by atoms with Gasteiger partial charge in [0.1, 0.15) is 0 Å². The summed E-state index contributed by atoms with van der Waals surface area (Å²) >= 11 is 0. The fourth-order valence-electron chi connectivity index (χ4n) is 8.96. The second kappa shape index (κ2) is 14.6. The molecule has 4 aliphatic carbocycles. The third kappa shape index (κ3) is 6.74. The molecular weight excluding hydrogens is 520 g/mol. The first-order valence-corrected chi connectivity index (χ1v) is 20.3. The van der Waals surface area contributed by atoms with Crippen molar-refractivity contribution in [2.24, 2.45) is 5.73 Å². The van der Waals surface area contributed by atoms with Crippen LogP contribution >= 0.6 is 15.8 Å². The van der Waals surface area contributed by atoms with Gasteiger partial charge in [0.05, 0.1) is 6.04 Å². The first kappa shape index (κ1) is 29.3. The summed E-state index contributed by atoms with van der Waals surface area (Å²) in [4.78, 5) is 0. The Bertz CT molecular complexity index is 924. The molecule has 0 spiro atoms. The molecule has 218 valence electrons. The van der Waals surface area contributed by atoms with Crippen molar-refractivity contribution in [3.05, 3.63) is 59.7 Å². The topological polar surface area (TPSA) is 26.0 Å². The smallest absolute Gasteiger partial charge is 0.0564 e. The number of benzene rings is 2. The van der Waals surface area contributed by atoms with Gasteiger partial charge in [-0.2, -0.15) is 0 Å². The van der Waals surface area contributed by atoms with E-state index in [1.807, 2.05) is 0 Å². The Hall–Kier alpha value is -0.740. The van der Waals surface area contributed by atoms with Crippen molar-refractivity contribution in [1.82, 2.24) is 0 Å². The Labute approximate surface area is 248 Å². The van der Waals surface area contributed by atoms with E-state index >= 15 is 0 Å². The van der Waals surface area contributed by atoms with Crippen LogP contribution in [-0.2, 0) is 0 Å². The third-order valence-electron chi connectivity index (χ3n) is 11.0. The van der Waals surface area contributed by atoms with Gasteiger partial charge in [-0.05, 0) is 95.7 Å². The van der Waals surface area contributed by atoms with Gasteiger partial charge in [-0.15, -0.1) is 0 Å². The van der Waals surface area contributed by atoms with Crippen LogP contribution in [0.3, 0.4) is 0 Å². The minimum Gasteiger partial charge on any atom is -0.320 e. The zero-order valence-electron chi connectivity index (χ0n) is 25.1. The van der Waals surface area contributed by atoms with Crippen LogP contribution in [0, 0.1) is 0 Å². The second-order valence-electron chi connectivity index (χ2n) is 13.6. The van der Waals surface area contributed by atoms with Gasteiger partial charge < -0.3 is 5.73 Å². The first-order valence-electron chi connectivity index (χ1n) is 17.3. The maximum absolute atomic E-state index is 7.53. The maximum atomic E-state index is 7.53. The first-order chi connectivity index (χ1) is 19.8. The molecule has 4 saturated carbocycles. The zero-order chi connectivity index (χ0) is 27.1. The quantitative estimate of drug-likeness (QED) is 0.311. The van der Waals surface area contributed by atoms with Gasteiger partial charge in [-0.3, -0.25) is 0 Å². The molecule has 2 aromatic rings. The van der Waals surface area contributed by atoms with E-state index in [2.05, 4.69) is 48.5 Å². The molecular formula is C37H55NP2. The summed E-state index contributed by atoms with van der Waals surface area (Å²) in [7, 11) is -0.319. The van der Waals surface area contributed by atoms with Crippen molar-refractivity contribution < 1.29 is 0 Å². The predicted molar refractivity (Wildman–Crippen MR) is 180 cm³/mol. The lowest BCUT2D eigenvalue weighted by Crippen LogP contribution is -2.33. The van der Waals surface area contributed by atoms with Gasteiger partial charge in [0, 0.05) is 0 Å². The van der Waals surface area contributed by atoms with Crippen LogP contribution in [0.5, 0.6) is 0 Å². The van der Waals surface area contributed by atoms with Crippen molar-refractivity contribution in [2.75, 3.05) is 0 Å². The molecule has 2 aromatic carbocycles. The highest BCUT2D eigenvalue weighted by molar-refractivity contribution is 7.67. The average molecular weight is 576 g/mol. The Kier molecular flexibility index (Phi) is 10.7. The molecule has 0 saturated heterocycles. The normalized spacial score (nSPS) is 22.9. The number of hydrogen-bond acceptors (Lipinski definition) is 1. The van der Waals surface area contributed by atoms with Crippen LogP contribution in [0.4, 0.5) is 0 Å².